The topological polar surface area (TPSA) is 33.7 Å². The van der Waals surface area contributed by atoms with E-state index in [9.17, 15) is 0 Å². The van der Waals surface area contributed by atoms with Crippen LogP contribution in [0.2, 0.25) is 0 Å². The molecule has 2 rings (SSSR count). The van der Waals surface area contributed by atoms with E-state index in [4.69, 9.17) is 9.47 Å². The van der Waals surface area contributed by atoms with Gasteiger partial charge in [0.15, 0.2) is 0 Å². The van der Waals surface area contributed by atoms with Crippen LogP contribution < -0.4 is 10.1 Å². The van der Waals surface area contributed by atoms with Crippen LogP contribution in [0.1, 0.15) is 17.5 Å². The minimum Gasteiger partial charge on any atom is -0.494 e. The van der Waals surface area contributed by atoms with Gasteiger partial charge in [-0.15, -0.1) is 0 Å². The van der Waals surface area contributed by atoms with Gasteiger partial charge < -0.3 is 14.8 Å². The van der Waals surface area contributed by atoms with E-state index in [1.54, 1.807) is 0 Å². The molecule has 1 atom stereocenters. The Labute approximate surface area is 128 Å². The Morgan fingerprint density at radius 1 is 1.33 bits per heavy atom. The van der Waals surface area contributed by atoms with Gasteiger partial charge in [0.2, 0.25) is 0 Å². The molecule has 0 aromatic heterocycles. The highest BCUT2D eigenvalue weighted by Crippen LogP contribution is 2.16. The SMILES string of the molecule is CNCC1CN(CCCOc2ccc(C)c(C)c2)CCO1. The molecule has 0 saturated carbocycles. The number of hydrogen-bond donors (Lipinski definition) is 1. The van der Waals surface area contributed by atoms with Crippen LogP contribution in [0.4, 0.5) is 0 Å². The van der Waals surface area contributed by atoms with Gasteiger partial charge >= 0.3 is 0 Å². The molecule has 1 aromatic rings. The van der Waals surface area contributed by atoms with Crippen LogP contribution in [-0.4, -0.2) is 57.4 Å². The molecular weight excluding hydrogens is 264 g/mol. The van der Waals surface area contributed by atoms with E-state index in [0.717, 1.165) is 51.6 Å². The Hall–Kier alpha value is -1.10. The van der Waals surface area contributed by atoms with Gasteiger partial charge in [0.05, 0.1) is 19.3 Å². The van der Waals surface area contributed by atoms with Crippen molar-refractivity contribution in [3.63, 3.8) is 0 Å². The molecule has 1 aromatic carbocycles. The number of benzene rings is 1. The van der Waals surface area contributed by atoms with E-state index >= 15 is 0 Å². The van der Waals surface area contributed by atoms with Crippen molar-refractivity contribution in [1.82, 2.24) is 10.2 Å². The summed E-state index contributed by atoms with van der Waals surface area (Å²) in [5.74, 6) is 0.980. The molecule has 4 heteroatoms. The standard InChI is InChI=1S/C17H28N2O2/c1-14-5-6-16(11-15(14)2)20-9-4-7-19-8-10-21-17(13-19)12-18-3/h5-6,11,17-18H,4,7-10,12-13H2,1-3H3. The number of nitrogens with zero attached hydrogens (tertiary/aromatic N) is 1. The molecular formula is C17H28N2O2. The van der Waals surface area contributed by atoms with Gasteiger partial charge in [-0.1, -0.05) is 6.07 Å². The molecule has 0 spiro atoms. The maximum absolute atomic E-state index is 5.84. The van der Waals surface area contributed by atoms with Crippen molar-refractivity contribution in [2.24, 2.45) is 0 Å². The number of morpholine rings is 1. The van der Waals surface area contributed by atoms with Crippen molar-refractivity contribution in [3.05, 3.63) is 29.3 Å². The normalized spacial score (nSPS) is 19.7. The number of rotatable bonds is 7. The van der Waals surface area contributed by atoms with Crippen LogP contribution in [0.5, 0.6) is 5.75 Å². The highest BCUT2D eigenvalue weighted by atomic mass is 16.5. The maximum atomic E-state index is 5.84. The second-order valence-electron chi connectivity index (χ2n) is 5.80. The van der Waals surface area contributed by atoms with Gasteiger partial charge in [0.1, 0.15) is 5.75 Å². The molecule has 1 N–H and O–H groups in total. The van der Waals surface area contributed by atoms with E-state index in [-0.39, 0.29) is 0 Å². The average Bonchev–Trinajstić information content (AvgIpc) is 2.48. The molecule has 1 aliphatic heterocycles. The van der Waals surface area contributed by atoms with Gasteiger partial charge in [-0.2, -0.15) is 0 Å². The van der Waals surface area contributed by atoms with E-state index < -0.39 is 0 Å². The van der Waals surface area contributed by atoms with Crippen molar-refractivity contribution >= 4 is 0 Å². The molecule has 1 saturated heterocycles. The molecule has 0 radical (unpaired) electrons. The number of ether oxygens (including phenoxy) is 2. The Morgan fingerprint density at radius 2 is 2.19 bits per heavy atom. The fourth-order valence-electron chi connectivity index (χ4n) is 2.62. The van der Waals surface area contributed by atoms with Crippen molar-refractivity contribution in [2.75, 3.05) is 46.4 Å². The molecule has 1 unspecified atom stereocenters. The molecule has 1 fully saturated rings. The van der Waals surface area contributed by atoms with E-state index in [1.807, 2.05) is 7.05 Å². The minimum atomic E-state index is 0.324. The molecule has 0 aliphatic carbocycles. The van der Waals surface area contributed by atoms with Crippen molar-refractivity contribution < 1.29 is 9.47 Å². The fourth-order valence-corrected chi connectivity index (χ4v) is 2.62. The monoisotopic (exact) mass is 292 g/mol. The quantitative estimate of drug-likeness (QED) is 0.779. The van der Waals surface area contributed by atoms with Gasteiger partial charge in [0, 0.05) is 26.2 Å². The maximum Gasteiger partial charge on any atom is 0.119 e. The number of nitrogens with one attached hydrogen (secondary N) is 1. The van der Waals surface area contributed by atoms with Gasteiger partial charge in [-0.25, -0.2) is 0 Å². The summed E-state index contributed by atoms with van der Waals surface area (Å²) in [5.41, 5.74) is 2.60. The third-order valence-electron chi connectivity index (χ3n) is 4.02. The number of likely N-dealkylation sites (N-methyl/N-ethyl adjacent to an activating group) is 1. The summed E-state index contributed by atoms with van der Waals surface area (Å²) in [6, 6.07) is 6.29. The average molecular weight is 292 g/mol. The third-order valence-corrected chi connectivity index (χ3v) is 4.02. The summed E-state index contributed by atoms with van der Waals surface area (Å²) in [5, 5.41) is 3.18. The van der Waals surface area contributed by atoms with E-state index in [0.29, 0.717) is 6.10 Å². The Bertz CT molecular complexity index is 435. The zero-order valence-electron chi connectivity index (χ0n) is 13.5. The van der Waals surface area contributed by atoms with Crippen LogP contribution in [0.25, 0.3) is 0 Å². The zero-order valence-corrected chi connectivity index (χ0v) is 13.5. The summed E-state index contributed by atoms with van der Waals surface area (Å²) in [6.45, 7) is 9.91. The van der Waals surface area contributed by atoms with Gasteiger partial charge in [0.25, 0.3) is 0 Å². The summed E-state index contributed by atoms with van der Waals surface area (Å²) >= 11 is 0. The second-order valence-corrected chi connectivity index (χ2v) is 5.80. The highest BCUT2D eigenvalue weighted by molar-refractivity contribution is 5.33. The third kappa shape index (κ3) is 5.30. The highest BCUT2D eigenvalue weighted by Gasteiger charge is 2.19. The first kappa shape index (κ1) is 16.3. The fraction of sp³-hybridized carbons (Fsp3) is 0.647. The first-order chi connectivity index (χ1) is 10.2. The summed E-state index contributed by atoms with van der Waals surface area (Å²) in [7, 11) is 1.97. The lowest BCUT2D eigenvalue weighted by molar-refractivity contribution is -0.0272. The predicted molar refractivity (Wildman–Crippen MR) is 86.1 cm³/mol. The van der Waals surface area contributed by atoms with E-state index in [2.05, 4.69) is 42.3 Å². The summed E-state index contributed by atoms with van der Waals surface area (Å²) in [6.07, 6.45) is 1.38. The predicted octanol–water partition coefficient (Wildman–Crippen LogP) is 1.99. The van der Waals surface area contributed by atoms with Crippen LogP contribution in [0.3, 0.4) is 0 Å². The van der Waals surface area contributed by atoms with Crippen molar-refractivity contribution in [2.45, 2.75) is 26.4 Å². The Morgan fingerprint density at radius 3 is 2.95 bits per heavy atom. The zero-order chi connectivity index (χ0) is 15.1. The lowest BCUT2D eigenvalue weighted by atomic mass is 10.1. The van der Waals surface area contributed by atoms with E-state index in [1.165, 1.54) is 11.1 Å². The van der Waals surface area contributed by atoms with Crippen LogP contribution >= 0.6 is 0 Å². The minimum absolute atomic E-state index is 0.324. The molecule has 21 heavy (non-hydrogen) atoms. The molecule has 1 heterocycles. The van der Waals surface area contributed by atoms with Crippen LogP contribution in [0, 0.1) is 13.8 Å². The molecule has 0 bridgehead atoms. The van der Waals surface area contributed by atoms with Crippen LogP contribution in [0.15, 0.2) is 18.2 Å². The first-order valence-electron chi connectivity index (χ1n) is 7.87. The first-order valence-corrected chi connectivity index (χ1v) is 7.87. The molecule has 118 valence electrons. The Balaban J connectivity index is 1.66. The molecule has 4 nitrogen and oxygen atoms in total. The summed E-state index contributed by atoms with van der Waals surface area (Å²) < 4.78 is 11.6. The molecule has 0 amide bonds. The lowest BCUT2D eigenvalue weighted by Gasteiger charge is -2.32. The number of hydrogen-bond acceptors (Lipinski definition) is 4. The van der Waals surface area contributed by atoms with Gasteiger partial charge in [-0.3, -0.25) is 4.90 Å². The largest absolute Gasteiger partial charge is 0.494 e. The van der Waals surface area contributed by atoms with Crippen LogP contribution in [-0.2, 0) is 4.74 Å². The second kappa shape index (κ2) is 8.37. The smallest absolute Gasteiger partial charge is 0.119 e. The number of aryl methyl sites for hydroxylation is 2. The Kier molecular flexibility index (Phi) is 6.49. The van der Waals surface area contributed by atoms with Gasteiger partial charge in [-0.05, 0) is 50.6 Å². The van der Waals surface area contributed by atoms with Crippen molar-refractivity contribution in [3.8, 4) is 5.75 Å². The summed E-state index contributed by atoms with van der Waals surface area (Å²) in [4.78, 5) is 2.47. The molecule has 1 aliphatic rings. The lowest BCUT2D eigenvalue weighted by Crippen LogP contribution is -2.46. The van der Waals surface area contributed by atoms with Crippen molar-refractivity contribution in [1.29, 1.82) is 0 Å².